The molecule has 1 N–H and O–H groups in total. The van der Waals surface area contributed by atoms with Crippen LogP contribution < -0.4 is 10.1 Å². The van der Waals surface area contributed by atoms with Crippen LogP contribution in [0.15, 0.2) is 42.5 Å². The Morgan fingerprint density at radius 3 is 2.42 bits per heavy atom. The maximum atomic E-state index is 13.0. The quantitative estimate of drug-likeness (QED) is 0.756. The summed E-state index contributed by atoms with van der Waals surface area (Å²) in [6, 6.07) is 10.4. The second-order valence-electron chi connectivity index (χ2n) is 5.71. The fraction of sp³-hybridized carbons (Fsp3) is 0.300. The van der Waals surface area contributed by atoms with Gasteiger partial charge in [0.2, 0.25) is 0 Å². The van der Waals surface area contributed by atoms with E-state index in [9.17, 15) is 14.0 Å². The first-order chi connectivity index (χ1) is 12.4. The van der Waals surface area contributed by atoms with Crippen molar-refractivity contribution in [1.82, 2.24) is 0 Å². The maximum Gasteiger partial charge on any atom is 0.338 e. The molecule has 6 heteroatoms. The average Bonchev–Trinajstić information content (AvgIpc) is 2.63. The number of esters is 1. The molecule has 0 heterocycles. The lowest BCUT2D eigenvalue weighted by Crippen LogP contribution is -2.32. The first kappa shape index (κ1) is 19.4. The molecular weight excluding hydrogens is 337 g/mol. The van der Waals surface area contributed by atoms with Gasteiger partial charge in [0.25, 0.3) is 5.91 Å². The smallest absolute Gasteiger partial charge is 0.338 e. The van der Waals surface area contributed by atoms with Gasteiger partial charge in [-0.3, -0.25) is 4.79 Å². The van der Waals surface area contributed by atoms with Crippen LogP contribution in [0.2, 0.25) is 0 Å². The Labute approximate surface area is 152 Å². The first-order valence-electron chi connectivity index (χ1n) is 8.45. The predicted molar refractivity (Wildman–Crippen MR) is 96.9 cm³/mol. The Bertz CT molecular complexity index is 774. The largest absolute Gasteiger partial charge is 0.481 e. The van der Waals surface area contributed by atoms with E-state index in [2.05, 4.69) is 5.32 Å². The molecular formula is C20H22FNO4. The van der Waals surface area contributed by atoms with Crippen molar-refractivity contribution in [3.8, 4) is 5.75 Å². The van der Waals surface area contributed by atoms with E-state index >= 15 is 0 Å². The summed E-state index contributed by atoms with van der Waals surface area (Å²) in [6.07, 6.45) is -0.314. The van der Waals surface area contributed by atoms with E-state index in [1.165, 1.54) is 24.3 Å². The molecule has 26 heavy (non-hydrogen) atoms. The predicted octanol–water partition coefficient (Wildman–Crippen LogP) is 4.11. The van der Waals surface area contributed by atoms with Crippen molar-refractivity contribution in [1.29, 1.82) is 0 Å². The summed E-state index contributed by atoms with van der Waals surface area (Å²) in [5.41, 5.74) is 1.69. The monoisotopic (exact) mass is 359 g/mol. The van der Waals surface area contributed by atoms with Gasteiger partial charge in [0.15, 0.2) is 6.10 Å². The van der Waals surface area contributed by atoms with E-state index in [0.29, 0.717) is 23.4 Å². The first-order valence-corrected chi connectivity index (χ1v) is 8.45. The Morgan fingerprint density at radius 1 is 1.12 bits per heavy atom. The number of amides is 1. The molecule has 2 aromatic rings. The summed E-state index contributed by atoms with van der Waals surface area (Å²) >= 11 is 0. The lowest BCUT2D eigenvalue weighted by atomic mass is 10.1. The summed E-state index contributed by atoms with van der Waals surface area (Å²) in [7, 11) is 0. The zero-order valence-corrected chi connectivity index (χ0v) is 15.0. The molecule has 1 amide bonds. The van der Waals surface area contributed by atoms with Gasteiger partial charge >= 0.3 is 5.97 Å². The van der Waals surface area contributed by atoms with Crippen molar-refractivity contribution in [2.75, 3.05) is 11.9 Å². The van der Waals surface area contributed by atoms with Crippen molar-refractivity contribution < 1.29 is 23.5 Å². The highest BCUT2D eigenvalue weighted by Gasteiger charge is 2.20. The van der Waals surface area contributed by atoms with Crippen LogP contribution in [-0.2, 0) is 9.53 Å². The van der Waals surface area contributed by atoms with Crippen LogP contribution in [-0.4, -0.2) is 24.6 Å². The molecule has 0 aliphatic rings. The zero-order chi connectivity index (χ0) is 19.1. The van der Waals surface area contributed by atoms with Crippen molar-refractivity contribution >= 4 is 17.6 Å². The van der Waals surface area contributed by atoms with Gasteiger partial charge in [-0.2, -0.15) is 0 Å². The minimum Gasteiger partial charge on any atom is -0.481 e. The van der Waals surface area contributed by atoms with Crippen LogP contribution in [0.5, 0.6) is 5.75 Å². The number of benzene rings is 2. The van der Waals surface area contributed by atoms with Crippen LogP contribution in [0.1, 0.15) is 36.2 Å². The SMILES string of the molecule is CCOC(=O)c1ccc(C)c(NC(=O)[C@@H](CC)Oc2ccc(F)cc2)c1. The highest BCUT2D eigenvalue weighted by atomic mass is 19.1. The Hall–Kier alpha value is -2.89. The molecule has 0 aliphatic heterocycles. The topological polar surface area (TPSA) is 64.6 Å². The lowest BCUT2D eigenvalue weighted by molar-refractivity contribution is -0.122. The molecule has 0 radical (unpaired) electrons. The van der Waals surface area contributed by atoms with Crippen molar-refractivity contribution in [2.45, 2.75) is 33.3 Å². The number of carbonyl (C=O) groups excluding carboxylic acids is 2. The standard InChI is InChI=1S/C20H22FNO4/c1-4-18(26-16-10-8-15(21)9-11-16)19(23)22-17-12-14(7-6-13(17)3)20(24)25-5-2/h6-12,18H,4-5H2,1-3H3,(H,22,23)/t18-/m1/s1. The number of rotatable bonds is 7. The molecule has 0 saturated carbocycles. The van der Waals surface area contributed by atoms with Gasteiger partial charge in [-0.15, -0.1) is 0 Å². The summed E-state index contributed by atoms with van der Waals surface area (Å²) in [5, 5.41) is 2.78. The van der Waals surface area contributed by atoms with Crippen LogP contribution in [0, 0.1) is 12.7 Å². The minimum atomic E-state index is -0.744. The third-order valence-corrected chi connectivity index (χ3v) is 3.76. The summed E-state index contributed by atoms with van der Waals surface area (Å²) in [5.74, 6) is -0.759. The highest BCUT2D eigenvalue weighted by molar-refractivity contribution is 5.97. The summed E-state index contributed by atoms with van der Waals surface area (Å²) in [6.45, 7) is 5.65. The van der Waals surface area contributed by atoms with Gasteiger partial charge < -0.3 is 14.8 Å². The molecule has 2 rings (SSSR count). The molecule has 138 valence electrons. The number of hydrogen-bond acceptors (Lipinski definition) is 4. The maximum absolute atomic E-state index is 13.0. The fourth-order valence-electron chi connectivity index (χ4n) is 2.31. The third-order valence-electron chi connectivity index (χ3n) is 3.76. The Balaban J connectivity index is 2.12. The van der Waals surface area contributed by atoms with E-state index in [-0.39, 0.29) is 18.3 Å². The van der Waals surface area contributed by atoms with E-state index in [0.717, 1.165) is 5.56 Å². The van der Waals surface area contributed by atoms with Crippen molar-refractivity contribution in [3.05, 3.63) is 59.4 Å². The second-order valence-corrected chi connectivity index (χ2v) is 5.71. The molecule has 0 spiro atoms. The molecule has 5 nitrogen and oxygen atoms in total. The Morgan fingerprint density at radius 2 is 1.81 bits per heavy atom. The number of carbonyl (C=O) groups is 2. The number of hydrogen-bond donors (Lipinski definition) is 1. The van der Waals surface area contributed by atoms with Crippen LogP contribution >= 0.6 is 0 Å². The van der Waals surface area contributed by atoms with Gasteiger partial charge in [0.05, 0.1) is 12.2 Å². The molecule has 0 bridgehead atoms. The fourth-order valence-corrected chi connectivity index (χ4v) is 2.31. The van der Waals surface area contributed by atoms with E-state index in [1.54, 1.807) is 25.1 Å². The normalized spacial score (nSPS) is 11.5. The molecule has 0 saturated heterocycles. The number of aryl methyl sites for hydroxylation is 1. The number of nitrogens with one attached hydrogen (secondary N) is 1. The van der Waals surface area contributed by atoms with Crippen LogP contribution in [0.4, 0.5) is 10.1 Å². The van der Waals surface area contributed by atoms with Gasteiger partial charge in [-0.25, -0.2) is 9.18 Å². The molecule has 2 aromatic carbocycles. The van der Waals surface area contributed by atoms with Gasteiger partial charge in [0, 0.05) is 5.69 Å². The van der Waals surface area contributed by atoms with Crippen LogP contribution in [0.3, 0.4) is 0 Å². The summed E-state index contributed by atoms with van der Waals surface area (Å²) in [4.78, 5) is 24.4. The van der Waals surface area contributed by atoms with Crippen molar-refractivity contribution in [3.63, 3.8) is 0 Å². The second kappa shape index (κ2) is 8.99. The Kier molecular flexibility index (Phi) is 6.72. The molecule has 0 aromatic heterocycles. The number of anilines is 1. The van der Waals surface area contributed by atoms with Crippen molar-refractivity contribution in [2.24, 2.45) is 0 Å². The number of ether oxygens (including phenoxy) is 2. The van der Waals surface area contributed by atoms with E-state index in [1.807, 2.05) is 13.8 Å². The van der Waals surface area contributed by atoms with Gasteiger partial charge in [0.1, 0.15) is 11.6 Å². The number of halogens is 1. The van der Waals surface area contributed by atoms with E-state index in [4.69, 9.17) is 9.47 Å². The lowest BCUT2D eigenvalue weighted by Gasteiger charge is -2.18. The molecule has 1 atom stereocenters. The average molecular weight is 359 g/mol. The molecule has 0 aliphatic carbocycles. The van der Waals surface area contributed by atoms with E-state index < -0.39 is 12.1 Å². The van der Waals surface area contributed by atoms with Crippen LogP contribution in [0.25, 0.3) is 0 Å². The minimum absolute atomic E-state index is 0.276. The third kappa shape index (κ3) is 5.05. The molecule has 0 unspecified atom stereocenters. The molecule has 0 fully saturated rings. The highest BCUT2D eigenvalue weighted by Crippen LogP contribution is 2.20. The zero-order valence-electron chi connectivity index (χ0n) is 15.0. The van der Waals surface area contributed by atoms with Gasteiger partial charge in [-0.05, 0) is 62.2 Å². The van der Waals surface area contributed by atoms with Gasteiger partial charge in [-0.1, -0.05) is 13.0 Å². The summed E-state index contributed by atoms with van der Waals surface area (Å²) < 4.78 is 23.6.